The summed E-state index contributed by atoms with van der Waals surface area (Å²) < 4.78 is 0. The van der Waals surface area contributed by atoms with Gasteiger partial charge in [0.05, 0.1) is 0 Å². The molecule has 3 aliphatic rings. The smallest absolute Gasteiger partial charge is 0.0281 e. The van der Waals surface area contributed by atoms with Gasteiger partial charge in [0.15, 0.2) is 0 Å². The van der Waals surface area contributed by atoms with Crippen molar-refractivity contribution in [2.75, 3.05) is 7.05 Å². The van der Waals surface area contributed by atoms with Crippen LogP contribution in [0.3, 0.4) is 0 Å². The summed E-state index contributed by atoms with van der Waals surface area (Å²) in [5, 5.41) is 0. The first-order valence-corrected chi connectivity index (χ1v) is 8.55. The van der Waals surface area contributed by atoms with Gasteiger partial charge in [0.1, 0.15) is 0 Å². The molecular formula is C19H29N. The molecule has 0 unspecified atom stereocenters. The predicted octanol–water partition coefficient (Wildman–Crippen LogP) is 5.21. The SMILES string of the molecule is CC1=C/C(=C/N(C)C2CCCCC2)CC=C1C1CCC1. The van der Waals surface area contributed by atoms with Crippen LogP contribution in [0.15, 0.2) is 35.1 Å². The molecule has 20 heavy (non-hydrogen) atoms. The third-order valence-corrected chi connectivity index (χ3v) is 5.48. The van der Waals surface area contributed by atoms with Gasteiger partial charge in [-0.3, -0.25) is 0 Å². The first-order valence-electron chi connectivity index (χ1n) is 8.55. The van der Waals surface area contributed by atoms with Crippen molar-refractivity contribution in [1.29, 1.82) is 0 Å². The van der Waals surface area contributed by atoms with Gasteiger partial charge in [0.2, 0.25) is 0 Å². The maximum Gasteiger partial charge on any atom is 0.0281 e. The molecule has 0 aromatic rings. The molecule has 0 amide bonds. The molecule has 0 atom stereocenters. The van der Waals surface area contributed by atoms with Gasteiger partial charge in [-0.1, -0.05) is 37.8 Å². The number of nitrogens with zero attached hydrogens (tertiary/aromatic N) is 1. The normalized spacial score (nSPS) is 27.0. The molecule has 2 saturated carbocycles. The van der Waals surface area contributed by atoms with E-state index in [0.29, 0.717) is 0 Å². The quantitative estimate of drug-likeness (QED) is 0.681. The average molecular weight is 271 g/mol. The summed E-state index contributed by atoms with van der Waals surface area (Å²) in [6.45, 7) is 2.30. The van der Waals surface area contributed by atoms with Gasteiger partial charge in [-0.15, -0.1) is 0 Å². The van der Waals surface area contributed by atoms with E-state index in [4.69, 9.17) is 0 Å². The minimum atomic E-state index is 0.780. The van der Waals surface area contributed by atoms with Gasteiger partial charge in [-0.25, -0.2) is 0 Å². The van der Waals surface area contributed by atoms with Crippen molar-refractivity contribution in [2.24, 2.45) is 5.92 Å². The Labute approximate surface area is 124 Å². The summed E-state index contributed by atoms with van der Waals surface area (Å²) in [5.41, 5.74) is 4.66. The fourth-order valence-corrected chi connectivity index (χ4v) is 3.96. The molecule has 1 heteroatoms. The minimum Gasteiger partial charge on any atom is -0.377 e. The van der Waals surface area contributed by atoms with Crippen molar-refractivity contribution in [1.82, 2.24) is 4.90 Å². The summed E-state index contributed by atoms with van der Waals surface area (Å²) in [5.74, 6) is 0.879. The summed E-state index contributed by atoms with van der Waals surface area (Å²) in [6.07, 6.45) is 19.8. The molecule has 2 fully saturated rings. The molecule has 0 aliphatic heterocycles. The molecule has 0 saturated heterocycles. The number of hydrogen-bond donors (Lipinski definition) is 0. The molecule has 0 aromatic carbocycles. The molecule has 3 rings (SSSR count). The topological polar surface area (TPSA) is 3.24 Å². The van der Waals surface area contributed by atoms with E-state index in [0.717, 1.165) is 18.4 Å². The largest absolute Gasteiger partial charge is 0.377 e. The predicted molar refractivity (Wildman–Crippen MR) is 86.5 cm³/mol. The number of allylic oxidation sites excluding steroid dienone is 5. The second-order valence-corrected chi connectivity index (χ2v) is 6.98. The Balaban J connectivity index is 1.63. The van der Waals surface area contributed by atoms with E-state index in [1.54, 1.807) is 5.57 Å². The van der Waals surface area contributed by atoms with Gasteiger partial charge < -0.3 is 4.90 Å². The zero-order valence-corrected chi connectivity index (χ0v) is 13.2. The molecule has 0 heterocycles. The lowest BCUT2D eigenvalue weighted by Crippen LogP contribution is -2.29. The molecule has 0 bridgehead atoms. The van der Waals surface area contributed by atoms with Crippen LogP contribution in [0.25, 0.3) is 0 Å². The summed E-state index contributed by atoms with van der Waals surface area (Å²) in [6, 6.07) is 0.780. The number of rotatable bonds is 3. The third-order valence-electron chi connectivity index (χ3n) is 5.48. The Morgan fingerprint density at radius 1 is 1.05 bits per heavy atom. The van der Waals surface area contributed by atoms with Crippen LogP contribution in [0.5, 0.6) is 0 Å². The lowest BCUT2D eigenvalue weighted by Gasteiger charge is -2.32. The van der Waals surface area contributed by atoms with E-state index in [2.05, 4.69) is 37.2 Å². The van der Waals surface area contributed by atoms with Crippen LogP contribution in [0.1, 0.15) is 64.7 Å². The molecule has 0 radical (unpaired) electrons. The van der Waals surface area contributed by atoms with Crippen LogP contribution in [-0.4, -0.2) is 18.0 Å². The second kappa shape index (κ2) is 6.20. The molecule has 110 valence electrons. The monoisotopic (exact) mass is 271 g/mol. The molecule has 0 spiro atoms. The lowest BCUT2D eigenvalue weighted by atomic mass is 9.75. The van der Waals surface area contributed by atoms with Crippen LogP contribution in [0, 0.1) is 5.92 Å². The molecule has 0 N–H and O–H groups in total. The van der Waals surface area contributed by atoms with Crippen molar-refractivity contribution in [3.63, 3.8) is 0 Å². The standard InChI is InChI=1S/C19H29N/c1-15-13-16(11-12-19(15)17-7-6-8-17)14-20(2)18-9-4-3-5-10-18/h12-14,17-18H,3-11H2,1-2H3/b16-14+. The fraction of sp³-hybridized carbons (Fsp3) is 0.684. The highest BCUT2D eigenvalue weighted by atomic mass is 15.1. The van der Waals surface area contributed by atoms with Gasteiger partial charge in [0.25, 0.3) is 0 Å². The maximum absolute atomic E-state index is 2.50. The number of hydrogen-bond acceptors (Lipinski definition) is 1. The summed E-state index contributed by atoms with van der Waals surface area (Å²) in [4.78, 5) is 2.49. The zero-order valence-electron chi connectivity index (χ0n) is 13.2. The zero-order chi connectivity index (χ0) is 13.9. The van der Waals surface area contributed by atoms with E-state index in [9.17, 15) is 0 Å². The Hall–Kier alpha value is -0.980. The molecule has 3 aliphatic carbocycles. The molecular weight excluding hydrogens is 242 g/mol. The van der Waals surface area contributed by atoms with Crippen LogP contribution >= 0.6 is 0 Å². The van der Waals surface area contributed by atoms with Crippen LogP contribution in [0.2, 0.25) is 0 Å². The van der Waals surface area contributed by atoms with Crippen molar-refractivity contribution in [2.45, 2.75) is 70.8 Å². The first kappa shape index (κ1) is 14.0. The highest BCUT2D eigenvalue weighted by Crippen LogP contribution is 2.39. The van der Waals surface area contributed by atoms with Gasteiger partial charge in [-0.05, 0) is 61.7 Å². The van der Waals surface area contributed by atoms with Gasteiger partial charge in [0, 0.05) is 19.3 Å². The Morgan fingerprint density at radius 2 is 1.80 bits per heavy atom. The molecule has 0 aromatic heterocycles. The highest BCUT2D eigenvalue weighted by Gasteiger charge is 2.24. The third kappa shape index (κ3) is 3.02. The minimum absolute atomic E-state index is 0.780. The Morgan fingerprint density at radius 3 is 2.40 bits per heavy atom. The fourth-order valence-electron chi connectivity index (χ4n) is 3.96. The Bertz CT molecular complexity index is 431. The summed E-state index contributed by atoms with van der Waals surface area (Å²) >= 11 is 0. The molecule has 1 nitrogen and oxygen atoms in total. The van der Waals surface area contributed by atoms with E-state index >= 15 is 0 Å². The van der Waals surface area contributed by atoms with E-state index < -0.39 is 0 Å². The first-order chi connectivity index (χ1) is 9.74. The van der Waals surface area contributed by atoms with Crippen molar-refractivity contribution >= 4 is 0 Å². The van der Waals surface area contributed by atoms with E-state index in [-0.39, 0.29) is 0 Å². The summed E-state index contributed by atoms with van der Waals surface area (Å²) in [7, 11) is 2.28. The van der Waals surface area contributed by atoms with Gasteiger partial charge in [-0.2, -0.15) is 0 Å². The van der Waals surface area contributed by atoms with E-state index in [1.165, 1.54) is 62.5 Å². The van der Waals surface area contributed by atoms with E-state index in [1.807, 2.05) is 0 Å². The van der Waals surface area contributed by atoms with Crippen molar-refractivity contribution in [3.8, 4) is 0 Å². The highest BCUT2D eigenvalue weighted by molar-refractivity contribution is 5.43. The van der Waals surface area contributed by atoms with Crippen LogP contribution in [-0.2, 0) is 0 Å². The van der Waals surface area contributed by atoms with Crippen LogP contribution < -0.4 is 0 Å². The maximum atomic E-state index is 2.50. The van der Waals surface area contributed by atoms with Crippen molar-refractivity contribution < 1.29 is 0 Å². The van der Waals surface area contributed by atoms with Crippen LogP contribution in [0.4, 0.5) is 0 Å². The Kier molecular flexibility index (Phi) is 4.33. The van der Waals surface area contributed by atoms with Crippen molar-refractivity contribution in [3.05, 3.63) is 35.1 Å². The van der Waals surface area contributed by atoms with Gasteiger partial charge >= 0.3 is 0 Å². The second-order valence-electron chi connectivity index (χ2n) is 6.98. The lowest BCUT2D eigenvalue weighted by molar-refractivity contribution is 0.253. The average Bonchev–Trinajstić information content (AvgIpc) is 2.41.